The first-order valence-corrected chi connectivity index (χ1v) is 7.69. The number of carbonyl (C=O) groups is 1. The number of hydrogen-bond acceptors (Lipinski definition) is 2. The van der Waals surface area contributed by atoms with E-state index in [1.165, 1.54) is 23.1 Å². The Morgan fingerprint density at radius 1 is 1.16 bits per heavy atom. The molecule has 0 atom stereocenters. The summed E-state index contributed by atoms with van der Waals surface area (Å²) in [7, 11) is 1.59. The number of para-hydroxylation sites is 1. The van der Waals surface area contributed by atoms with Crippen molar-refractivity contribution in [2.24, 2.45) is 0 Å². The topological polar surface area (TPSA) is 41.6 Å². The monoisotopic (exact) mass is 372 g/mol. The average molecular weight is 373 g/mol. The molecule has 2 rings (SSSR count). The molecule has 2 aromatic carbocycles. The van der Waals surface area contributed by atoms with Gasteiger partial charge in [-0.1, -0.05) is 41.9 Å². The summed E-state index contributed by atoms with van der Waals surface area (Å²) in [5.41, 5.74) is 1.11. The summed E-state index contributed by atoms with van der Waals surface area (Å²) in [6.45, 7) is 0.250. The molecule has 0 saturated heterocycles. The molecule has 8 heteroatoms. The number of hydrogen-bond donors (Lipinski definition) is 1. The van der Waals surface area contributed by atoms with Crippen LogP contribution in [0.5, 0.6) is 5.75 Å². The van der Waals surface area contributed by atoms with Crippen LogP contribution in [0.4, 0.5) is 18.0 Å². The molecule has 25 heavy (non-hydrogen) atoms. The molecule has 0 fully saturated rings. The maximum atomic E-state index is 12.4. The summed E-state index contributed by atoms with van der Waals surface area (Å²) in [5.74, 6) is -0.337. The van der Waals surface area contributed by atoms with Gasteiger partial charge in [0.25, 0.3) is 0 Å². The van der Waals surface area contributed by atoms with Gasteiger partial charge in [-0.2, -0.15) is 0 Å². The maximum absolute atomic E-state index is 12.4. The summed E-state index contributed by atoms with van der Waals surface area (Å²) in [6, 6.07) is 12.3. The van der Waals surface area contributed by atoms with Crippen LogP contribution in [0.3, 0.4) is 0 Å². The highest BCUT2D eigenvalue weighted by Gasteiger charge is 2.32. The number of urea groups is 1. The van der Waals surface area contributed by atoms with E-state index in [0.717, 1.165) is 5.56 Å². The largest absolute Gasteiger partial charge is 0.573 e. The Balaban J connectivity index is 1.94. The normalized spacial score (nSPS) is 11.1. The zero-order valence-electron chi connectivity index (χ0n) is 13.3. The predicted molar refractivity (Wildman–Crippen MR) is 88.3 cm³/mol. The maximum Gasteiger partial charge on any atom is 0.573 e. The number of rotatable bonds is 5. The molecule has 0 spiro atoms. The number of nitrogens with one attached hydrogen (secondary N) is 1. The first kappa shape index (κ1) is 18.9. The van der Waals surface area contributed by atoms with Crippen LogP contribution in [0.1, 0.15) is 11.1 Å². The molecule has 0 bridgehead atoms. The van der Waals surface area contributed by atoms with Gasteiger partial charge in [-0.15, -0.1) is 13.2 Å². The molecule has 2 aromatic rings. The third-order valence-corrected chi connectivity index (χ3v) is 3.56. The van der Waals surface area contributed by atoms with E-state index in [9.17, 15) is 18.0 Å². The molecule has 0 heterocycles. The molecule has 0 aromatic heterocycles. The third-order valence-electron chi connectivity index (χ3n) is 3.31. The van der Waals surface area contributed by atoms with Gasteiger partial charge < -0.3 is 15.0 Å². The van der Waals surface area contributed by atoms with Gasteiger partial charge in [0.15, 0.2) is 0 Å². The van der Waals surface area contributed by atoms with Gasteiger partial charge in [0, 0.05) is 30.7 Å². The second kappa shape index (κ2) is 8.11. The van der Waals surface area contributed by atoms with Crippen molar-refractivity contribution in [1.29, 1.82) is 0 Å². The lowest BCUT2D eigenvalue weighted by atomic mass is 10.2. The first-order valence-electron chi connectivity index (χ1n) is 7.31. The van der Waals surface area contributed by atoms with Crippen LogP contribution in [0.25, 0.3) is 0 Å². The molecule has 2 amide bonds. The van der Waals surface area contributed by atoms with Crippen LogP contribution >= 0.6 is 11.6 Å². The van der Waals surface area contributed by atoms with E-state index < -0.39 is 12.4 Å². The summed E-state index contributed by atoms with van der Waals surface area (Å²) in [5, 5.41) is 3.16. The van der Waals surface area contributed by atoms with Crippen molar-refractivity contribution in [3.05, 3.63) is 64.7 Å². The van der Waals surface area contributed by atoms with E-state index >= 15 is 0 Å². The van der Waals surface area contributed by atoms with Gasteiger partial charge in [-0.25, -0.2) is 4.79 Å². The van der Waals surface area contributed by atoms with Gasteiger partial charge in [0.05, 0.1) is 0 Å². The molecule has 0 saturated carbocycles. The second-order valence-corrected chi connectivity index (χ2v) is 5.73. The molecule has 134 valence electrons. The summed E-state index contributed by atoms with van der Waals surface area (Å²) in [4.78, 5) is 13.5. The van der Waals surface area contributed by atoms with Crippen LogP contribution in [0.15, 0.2) is 48.5 Å². The van der Waals surface area contributed by atoms with Crippen molar-refractivity contribution in [3.8, 4) is 5.75 Å². The Hall–Kier alpha value is -2.41. The molecule has 4 nitrogen and oxygen atoms in total. The van der Waals surface area contributed by atoms with Crippen LogP contribution < -0.4 is 10.1 Å². The van der Waals surface area contributed by atoms with Crippen molar-refractivity contribution in [2.75, 3.05) is 7.05 Å². The molecule has 0 aliphatic rings. The van der Waals surface area contributed by atoms with Crippen molar-refractivity contribution >= 4 is 17.6 Å². The van der Waals surface area contributed by atoms with Crippen molar-refractivity contribution in [1.82, 2.24) is 10.2 Å². The minimum Gasteiger partial charge on any atom is -0.405 e. The van der Waals surface area contributed by atoms with E-state index in [-0.39, 0.29) is 17.9 Å². The van der Waals surface area contributed by atoms with Gasteiger partial charge >= 0.3 is 12.4 Å². The standard InChI is InChI=1S/C17H16ClF3N2O2/c1-23(11-12-6-8-14(18)9-7-12)16(24)22-10-13-4-2-3-5-15(13)25-17(19,20)21/h2-9H,10-11H2,1H3,(H,22,24). The number of benzene rings is 2. The van der Waals surface area contributed by atoms with E-state index in [2.05, 4.69) is 10.1 Å². The Bertz CT molecular complexity index is 721. The van der Waals surface area contributed by atoms with Gasteiger partial charge in [0.1, 0.15) is 5.75 Å². The Labute approximate surface area is 148 Å². The van der Waals surface area contributed by atoms with E-state index in [1.54, 1.807) is 37.4 Å². The number of carbonyl (C=O) groups excluding carboxylic acids is 1. The molecular weight excluding hydrogens is 357 g/mol. The molecule has 1 N–H and O–H groups in total. The number of amides is 2. The van der Waals surface area contributed by atoms with Crippen LogP contribution in [-0.4, -0.2) is 24.3 Å². The van der Waals surface area contributed by atoms with E-state index in [1.807, 2.05) is 0 Å². The van der Waals surface area contributed by atoms with Crippen molar-refractivity contribution in [3.63, 3.8) is 0 Å². The van der Waals surface area contributed by atoms with Crippen LogP contribution in [0, 0.1) is 0 Å². The molecular formula is C17H16ClF3N2O2. The number of nitrogens with zero attached hydrogens (tertiary/aromatic N) is 1. The minimum atomic E-state index is -4.79. The SMILES string of the molecule is CN(Cc1ccc(Cl)cc1)C(=O)NCc1ccccc1OC(F)(F)F. The summed E-state index contributed by atoms with van der Waals surface area (Å²) < 4.78 is 41.1. The first-order chi connectivity index (χ1) is 11.7. The zero-order valence-corrected chi connectivity index (χ0v) is 14.1. The van der Waals surface area contributed by atoms with E-state index in [4.69, 9.17) is 11.6 Å². The molecule has 0 unspecified atom stereocenters. The fraction of sp³-hybridized carbons (Fsp3) is 0.235. The Morgan fingerprint density at radius 3 is 2.44 bits per heavy atom. The predicted octanol–water partition coefficient (Wildman–Crippen LogP) is 4.58. The van der Waals surface area contributed by atoms with Crippen LogP contribution in [0.2, 0.25) is 5.02 Å². The quantitative estimate of drug-likeness (QED) is 0.834. The average Bonchev–Trinajstić information content (AvgIpc) is 2.54. The fourth-order valence-electron chi connectivity index (χ4n) is 2.12. The smallest absolute Gasteiger partial charge is 0.405 e. The second-order valence-electron chi connectivity index (χ2n) is 5.30. The number of ether oxygens (including phenoxy) is 1. The lowest BCUT2D eigenvalue weighted by Gasteiger charge is -2.19. The highest BCUT2D eigenvalue weighted by molar-refractivity contribution is 6.30. The van der Waals surface area contributed by atoms with E-state index in [0.29, 0.717) is 11.6 Å². The summed E-state index contributed by atoms with van der Waals surface area (Å²) in [6.07, 6.45) is -4.79. The van der Waals surface area contributed by atoms with Gasteiger partial charge in [-0.3, -0.25) is 0 Å². The fourth-order valence-corrected chi connectivity index (χ4v) is 2.24. The Kier molecular flexibility index (Phi) is 6.14. The summed E-state index contributed by atoms with van der Waals surface area (Å²) >= 11 is 5.80. The molecule has 0 aliphatic heterocycles. The Morgan fingerprint density at radius 2 is 1.80 bits per heavy atom. The zero-order chi connectivity index (χ0) is 18.4. The highest BCUT2D eigenvalue weighted by atomic mass is 35.5. The molecule has 0 aliphatic carbocycles. The van der Waals surface area contributed by atoms with Gasteiger partial charge in [0.2, 0.25) is 0 Å². The lowest BCUT2D eigenvalue weighted by molar-refractivity contribution is -0.274. The number of alkyl halides is 3. The van der Waals surface area contributed by atoms with Crippen LogP contribution in [-0.2, 0) is 13.1 Å². The van der Waals surface area contributed by atoms with Gasteiger partial charge in [-0.05, 0) is 23.8 Å². The molecule has 0 radical (unpaired) electrons. The van der Waals surface area contributed by atoms with Crippen molar-refractivity contribution < 1.29 is 22.7 Å². The third kappa shape index (κ3) is 6.19. The highest BCUT2D eigenvalue weighted by Crippen LogP contribution is 2.26. The number of halogens is 4. The lowest BCUT2D eigenvalue weighted by Crippen LogP contribution is -2.36. The minimum absolute atomic E-state index is 0.0873. The van der Waals surface area contributed by atoms with Crippen molar-refractivity contribution in [2.45, 2.75) is 19.5 Å².